The average molecular weight is 459 g/mol. The molecule has 158 valence electrons. The van der Waals surface area contributed by atoms with Gasteiger partial charge in [-0.05, 0) is 25.2 Å². The number of piperidine rings is 1. The number of thioether (sulfide) groups is 1. The monoisotopic (exact) mass is 458 g/mol. The van der Waals surface area contributed by atoms with Crippen LogP contribution in [0.15, 0.2) is 23.2 Å². The molecule has 9 nitrogen and oxygen atoms in total. The van der Waals surface area contributed by atoms with E-state index >= 15 is 0 Å². The van der Waals surface area contributed by atoms with E-state index in [0.717, 1.165) is 11.3 Å². The molecule has 0 saturated carbocycles. The highest BCUT2D eigenvalue weighted by Crippen LogP contribution is 2.24. The first-order valence-electron chi connectivity index (χ1n) is 9.01. The number of sulfonamides is 1. The summed E-state index contributed by atoms with van der Waals surface area (Å²) in [6.07, 6.45) is 4.04. The maximum absolute atomic E-state index is 12.7. The highest BCUT2D eigenvalue weighted by molar-refractivity contribution is 7.98. The summed E-state index contributed by atoms with van der Waals surface area (Å²) in [6, 6.07) is 4.65. The molecule has 1 fully saturated rings. The molecule has 0 atom stereocenters. The minimum atomic E-state index is -3.25. The number of benzene rings is 1. The summed E-state index contributed by atoms with van der Waals surface area (Å²) < 4.78 is 27.3. The maximum atomic E-state index is 12.7. The number of carbonyl (C=O) groups excluding carboxylic acids is 1. The van der Waals surface area contributed by atoms with E-state index in [4.69, 9.17) is 0 Å². The molecule has 0 bridgehead atoms. The molecular formula is C17H22N4O5S3. The third-order valence-corrected chi connectivity index (χ3v) is 7.81. The van der Waals surface area contributed by atoms with Crippen LogP contribution in [-0.2, 0) is 21.4 Å². The Hall–Kier alpha value is -1.76. The van der Waals surface area contributed by atoms with Crippen LogP contribution in [0.25, 0.3) is 10.2 Å². The van der Waals surface area contributed by atoms with Gasteiger partial charge in [-0.25, -0.2) is 12.7 Å². The van der Waals surface area contributed by atoms with Crippen molar-refractivity contribution >= 4 is 54.9 Å². The van der Waals surface area contributed by atoms with Crippen LogP contribution in [0.1, 0.15) is 12.8 Å². The molecule has 1 aliphatic heterocycles. The Labute approximate surface area is 176 Å². The average Bonchev–Trinajstić information content (AvgIpc) is 3.01. The van der Waals surface area contributed by atoms with Gasteiger partial charge in [-0.2, -0.15) is 16.8 Å². The van der Waals surface area contributed by atoms with Crippen LogP contribution in [-0.4, -0.2) is 59.5 Å². The van der Waals surface area contributed by atoms with Crippen molar-refractivity contribution in [3.05, 3.63) is 33.1 Å². The van der Waals surface area contributed by atoms with Gasteiger partial charge in [0, 0.05) is 43.4 Å². The summed E-state index contributed by atoms with van der Waals surface area (Å²) in [5.41, 5.74) is 0.815. The largest absolute Gasteiger partial charge is 0.316 e. The fourth-order valence-electron chi connectivity index (χ4n) is 3.28. The number of hydrogen-bond acceptors (Lipinski definition) is 7. The summed E-state index contributed by atoms with van der Waals surface area (Å²) >= 11 is 2.92. The normalized spacial score (nSPS) is 17.1. The zero-order chi connectivity index (χ0) is 21.2. The predicted molar refractivity (Wildman–Crippen MR) is 115 cm³/mol. The van der Waals surface area contributed by atoms with Crippen molar-refractivity contribution in [1.29, 1.82) is 0 Å². The number of fused-ring (bicyclic) bond motifs is 1. The van der Waals surface area contributed by atoms with Crippen LogP contribution < -0.4 is 4.80 Å². The number of thiazole rings is 1. The Bertz CT molecular complexity index is 1100. The molecule has 2 aromatic rings. The highest BCUT2D eigenvalue weighted by atomic mass is 32.2. The lowest BCUT2D eigenvalue weighted by Crippen LogP contribution is -2.39. The van der Waals surface area contributed by atoms with E-state index in [2.05, 4.69) is 4.99 Å². The SMILES string of the molecule is CSCCn1c(=NC(=O)C2CCN(S(C)(=O)=O)CC2)sc2cc([N+](=O)[O-])ccc21. The summed E-state index contributed by atoms with van der Waals surface area (Å²) in [5.74, 6) is 0.232. The fraction of sp³-hybridized carbons (Fsp3) is 0.529. The number of amides is 1. The smallest absolute Gasteiger partial charge is 0.270 e. The molecule has 0 N–H and O–H groups in total. The molecule has 3 rings (SSSR count). The Morgan fingerprint density at radius 2 is 2.07 bits per heavy atom. The second kappa shape index (κ2) is 8.94. The topological polar surface area (TPSA) is 115 Å². The van der Waals surface area contributed by atoms with Gasteiger partial charge in [0.15, 0.2) is 4.80 Å². The van der Waals surface area contributed by atoms with Gasteiger partial charge in [0.05, 0.1) is 21.4 Å². The Morgan fingerprint density at radius 3 is 2.66 bits per heavy atom. The first-order chi connectivity index (χ1) is 13.7. The molecule has 0 spiro atoms. The molecule has 0 aliphatic carbocycles. The van der Waals surface area contributed by atoms with Crippen molar-refractivity contribution in [2.24, 2.45) is 10.9 Å². The van der Waals surface area contributed by atoms with E-state index < -0.39 is 14.9 Å². The molecular weight excluding hydrogens is 436 g/mol. The first kappa shape index (κ1) is 21.9. The number of hydrogen-bond donors (Lipinski definition) is 0. The number of non-ortho nitro benzene ring substituents is 1. The number of aryl methyl sites for hydroxylation is 1. The number of nitro groups is 1. The first-order valence-corrected chi connectivity index (χ1v) is 13.1. The van der Waals surface area contributed by atoms with Crippen molar-refractivity contribution in [2.45, 2.75) is 19.4 Å². The predicted octanol–water partition coefficient (Wildman–Crippen LogP) is 2.07. The van der Waals surface area contributed by atoms with Crippen molar-refractivity contribution in [3.8, 4) is 0 Å². The Morgan fingerprint density at radius 1 is 1.38 bits per heavy atom. The minimum Gasteiger partial charge on any atom is -0.316 e. The zero-order valence-electron chi connectivity index (χ0n) is 16.1. The summed E-state index contributed by atoms with van der Waals surface area (Å²) in [7, 11) is -3.25. The third kappa shape index (κ3) is 5.05. The van der Waals surface area contributed by atoms with Gasteiger partial charge < -0.3 is 4.57 Å². The van der Waals surface area contributed by atoms with Gasteiger partial charge in [-0.1, -0.05) is 11.3 Å². The van der Waals surface area contributed by atoms with E-state index in [9.17, 15) is 23.3 Å². The highest BCUT2D eigenvalue weighted by Gasteiger charge is 2.29. The van der Waals surface area contributed by atoms with E-state index in [1.54, 1.807) is 17.8 Å². The number of rotatable bonds is 6. The van der Waals surface area contributed by atoms with Crippen LogP contribution in [0, 0.1) is 16.0 Å². The lowest BCUT2D eigenvalue weighted by atomic mass is 9.98. The van der Waals surface area contributed by atoms with Crippen molar-refractivity contribution in [3.63, 3.8) is 0 Å². The second-order valence-corrected chi connectivity index (χ2v) is 10.8. The number of carbonyl (C=O) groups is 1. The van der Waals surface area contributed by atoms with Crippen LogP contribution >= 0.6 is 23.1 Å². The number of nitro benzene ring substituents is 1. The van der Waals surface area contributed by atoms with E-state index in [0.29, 0.717) is 42.0 Å². The van der Waals surface area contributed by atoms with Gasteiger partial charge in [0.1, 0.15) is 0 Å². The van der Waals surface area contributed by atoms with E-state index in [1.165, 1.54) is 34.0 Å². The molecule has 0 radical (unpaired) electrons. The molecule has 1 aromatic heterocycles. The van der Waals surface area contributed by atoms with E-state index in [-0.39, 0.29) is 17.5 Å². The molecule has 1 aliphatic rings. The van der Waals surface area contributed by atoms with Crippen molar-refractivity contribution < 1.29 is 18.1 Å². The summed E-state index contributed by atoms with van der Waals surface area (Å²) in [4.78, 5) is 28.2. The summed E-state index contributed by atoms with van der Waals surface area (Å²) in [5, 5.41) is 11.1. The molecule has 1 amide bonds. The van der Waals surface area contributed by atoms with Crippen LogP contribution in [0.3, 0.4) is 0 Å². The molecule has 0 unspecified atom stereocenters. The fourth-order valence-corrected chi connectivity index (χ4v) is 5.61. The molecule has 1 saturated heterocycles. The Kier molecular flexibility index (Phi) is 6.76. The third-order valence-electron chi connectivity index (χ3n) is 4.87. The standard InChI is InChI=1S/C17H22N4O5S3/c1-27-10-9-20-14-4-3-13(21(23)24)11-15(14)28-17(20)18-16(22)12-5-7-19(8-6-12)29(2,25)26/h3-4,11-12H,5-10H2,1-2H3. The Balaban J connectivity index is 1.91. The molecule has 12 heteroatoms. The zero-order valence-corrected chi connectivity index (χ0v) is 18.6. The van der Waals surface area contributed by atoms with Crippen LogP contribution in [0.5, 0.6) is 0 Å². The summed E-state index contributed by atoms with van der Waals surface area (Å²) in [6.45, 7) is 1.27. The number of aromatic nitrogens is 1. The van der Waals surface area contributed by atoms with E-state index in [1.807, 2.05) is 10.8 Å². The maximum Gasteiger partial charge on any atom is 0.270 e. The molecule has 2 heterocycles. The lowest BCUT2D eigenvalue weighted by molar-refractivity contribution is -0.384. The van der Waals surface area contributed by atoms with Gasteiger partial charge in [0.2, 0.25) is 10.0 Å². The van der Waals surface area contributed by atoms with Gasteiger partial charge >= 0.3 is 0 Å². The quantitative estimate of drug-likeness (QED) is 0.483. The van der Waals surface area contributed by atoms with Crippen molar-refractivity contribution in [2.75, 3.05) is 31.4 Å². The molecule has 1 aromatic carbocycles. The molecule has 29 heavy (non-hydrogen) atoms. The van der Waals surface area contributed by atoms with Crippen LogP contribution in [0.4, 0.5) is 5.69 Å². The van der Waals surface area contributed by atoms with Gasteiger partial charge in [-0.3, -0.25) is 14.9 Å². The van der Waals surface area contributed by atoms with Crippen LogP contribution in [0.2, 0.25) is 0 Å². The van der Waals surface area contributed by atoms with Crippen molar-refractivity contribution in [1.82, 2.24) is 8.87 Å². The van der Waals surface area contributed by atoms with Gasteiger partial charge in [0.25, 0.3) is 11.6 Å². The number of nitrogens with zero attached hydrogens (tertiary/aromatic N) is 4. The second-order valence-electron chi connectivity index (χ2n) is 6.82. The van der Waals surface area contributed by atoms with Gasteiger partial charge in [-0.15, -0.1) is 0 Å². The lowest BCUT2D eigenvalue weighted by Gasteiger charge is -2.28. The minimum absolute atomic E-state index is 0.00166.